The summed E-state index contributed by atoms with van der Waals surface area (Å²) in [5.41, 5.74) is 4.17. The molecule has 0 fully saturated rings. The Morgan fingerprint density at radius 3 is 2.31 bits per heavy atom. The number of carbonyl (C=O) groups excluding carboxylic acids is 2. The van der Waals surface area contributed by atoms with Gasteiger partial charge in [0.15, 0.2) is 11.5 Å². The van der Waals surface area contributed by atoms with E-state index in [1.807, 2.05) is 48.5 Å². The molecule has 0 aromatic heterocycles. The Morgan fingerprint density at radius 1 is 0.971 bits per heavy atom. The first-order valence-electron chi connectivity index (χ1n) is 11.6. The van der Waals surface area contributed by atoms with Crippen LogP contribution in [0, 0.1) is 0 Å². The zero-order valence-corrected chi connectivity index (χ0v) is 20.5. The van der Waals surface area contributed by atoms with Crippen LogP contribution in [-0.2, 0) is 17.8 Å². The van der Waals surface area contributed by atoms with Crippen molar-refractivity contribution in [1.29, 1.82) is 0 Å². The molecule has 0 radical (unpaired) electrons. The fourth-order valence-corrected chi connectivity index (χ4v) is 4.49. The molecule has 1 aliphatic heterocycles. The topological polar surface area (TPSA) is 77.1 Å². The molecule has 7 heteroatoms. The second-order valence-corrected chi connectivity index (χ2v) is 8.37. The summed E-state index contributed by atoms with van der Waals surface area (Å²) in [6.07, 6.45) is 0.938. The van der Waals surface area contributed by atoms with Crippen LogP contribution in [0.5, 0.6) is 17.2 Å². The maximum absolute atomic E-state index is 13.4. The highest BCUT2D eigenvalue weighted by atomic mass is 16.5. The van der Waals surface area contributed by atoms with E-state index in [1.165, 1.54) is 7.11 Å². The number of ether oxygens (including phenoxy) is 3. The smallest absolute Gasteiger partial charge is 0.255 e. The second kappa shape index (κ2) is 10.5. The quantitative estimate of drug-likeness (QED) is 0.472. The van der Waals surface area contributed by atoms with Crippen LogP contribution in [0.3, 0.4) is 0 Å². The molecule has 1 unspecified atom stereocenters. The molecular formula is C28H30N2O5. The summed E-state index contributed by atoms with van der Waals surface area (Å²) in [7, 11) is 4.62. The molecule has 1 atom stereocenters. The van der Waals surface area contributed by atoms with E-state index < -0.39 is 6.04 Å². The van der Waals surface area contributed by atoms with Gasteiger partial charge in [-0.05, 0) is 53.4 Å². The van der Waals surface area contributed by atoms with Crippen molar-refractivity contribution in [1.82, 2.24) is 4.90 Å². The van der Waals surface area contributed by atoms with Gasteiger partial charge in [-0.3, -0.25) is 9.59 Å². The third-order valence-electron chi connectivity index (χ3n) is 6.30. The van der Waals surface area contributed by atoms with E-state index in [-0.39, 0.29) is 18.2 Å². The molecule has 1 N–H and O–H groups in total. The van der Waals surface area contributed by atoms with Crippen molar-refractivity contribution in [3.8, 4) is 17.2 Å². The number of amides is 2. The molecule has 0 aliphatic carbocycles. The van der Waals surface area contributed by atoms with Gasteiger partial charge in [-0.15, -0.1) is 0 Å². The Hall–Kier alpha value is -4.00. The average Bonchev–Trinajstić information content (AvgIpc) is 3.22. The second-order valence-electron chi connectivity index (χ2n) is 8.37. The lowest BCUT2D eigenvalue weighted by molar-refractivity contribution is -0.117. The highest BCUT2D eigenvalue weighted by molar-refractivity contribution is 5.99. The van der Waals surface area contributed by atoms with Crippen molar-refractivity contribution in [2.75, 3.05) is 26.6 Å². The number of rotatable bonds is 9. The number of fused-ring (bicyclic) bond motifs is 1. The molecule has 3 aromatic rings. The lowest BCUT2D eigenvalue weighted by atomic mass is 10.00. The number of carbonyl (C=O) groups is 2. The summed E-state index contributed by atoms with van der Waals surface area (Å²) >= 11 is 0. The first-order chi connectivity index (χ1) is 17.0. The minimum absolute atomic E-state index is 0.0642. The Balaban J connectivity index is 1.70. The molecule has 0 spiro atoms. The minimum Gasteiger partial charge on any atom is -0.493 e. The summed E-state index contributed by atoms with van der Waals surface area (Å²) in [4.78, 5) is 28.3. The van der Waals surface area contributed by atoms with E-state index in [0.717, 1.165) is 28.8 Å². The number of nitrogens with zero attached hydrogens (tertiary/aromatic N) is 1. The average molecular weight is 475 g/mol. The fraction of sp³-hybridized carbons (Fsp3) is 0.286. The zero-order valence-electron chi connectivity index (χ0n) is 20.5. The Kier molecular flexibility index (Phi) is 7.25. The van der Waals surface area contributed by atoms with Gasteiger partial charge in [0, 0.05) is 17.8 Å². The fourth-order valence-electron chi connectivity index (χ4n) is 4.49. The summed E-state index contributed by atoms with van der Waals surface area (Å²) in [5.74, 6) is 1.08. The minimum atomic E-state index is -0.544. The van der Waals surface area contributed by atoms with Crippen LogP contribution in [0.15, 0.2) is 60.7 Å². The first kappa shape index (κ1) is 24.1. The van der Waals surface area contributed by atoms with E-state index >= 15 is 0 Å². The molecule has 0 bridgehead atoms. The molecule has 7 nitrogen and oxygen atoms in total. The molecule has 4 rings (SSSR count). The van der Waals surface area contributed by atoms with Crippen LogP contribution in [-0.4, -0.2) is 38.0 Å². The van der Waals surface area contributed by atoms with Gasteiger partial charge in [0.05, 0.1) is 33.8 Å². The van der Waals surface area contributed by atoms with Crippen LogP contribution in [0.25, 0.3) is 0 Å². The monoisotopic (exact) mass is 474 g/mol. The Labute approximate surface area is 205 Å². The summed E-state index contributed by atoms with van der Waals surface area (Å²) < 4.78 is 16.5. The molecule has 1 heterocycles. The maximum atomic E-state index is 13.4. The Bertz CT molecular complexity index is 1210. The highest BCUT2D eigenvalue weighted by Gasteiger charge is 2.35. The zero-order chi connectivity index (χ0) is 24.9. The van der Waals surface area contributed by atoms with Crippen LogP contribution in [0.4, 0.5) is 5.69 Å². The van der Waals surface area contributed by atoms with E-state index in [9.17, 15) is 9.59 Å². The molecule has 182 valence electrons. The van der Waals surface area contributed by atoms with Gasteiger partial charge in [-0.1, -0.05) is 37.3 Å². The van der Waals surface area contributed by atoms with Crippen molar-refractivity contribution < 1.29 is 23.8 Å². The SMILES string of the molecule is CCc1cccc(NC(=O)CC(c2cc(OC)c(OC)c(OC)c2)N2Cc3ccccc3C2=O)c1. The summed E-state index contributed by atoms with van der Waals surface area (Å²) in [5, 5.41) is 2.99. The molecule has 3 aromatic carbocycles. The number of anilines is 1. The van der Waals surface area contributed by atoms with Crippen LogP contribution < -0.4 is 19.5 Å². The van der Waals surface area contributed by atoms with E-state index in [0.29, 0.717) is 29.4 Å². The van der Waals surface area contributed by atoms with Gasteiger partial charge >= 0.3 is 0 Å². The standard InChI is InChI=1S/C28H30N2O5/c1-5-18-9-8-11-21(13-18)29-26(31)16-23(30-17-19-10-6-7-12-22(19)28(30)32)20-14-24(33-2)27(35-4)25(15-20)34-3/h6-15,23H,5,16-17H2,1-4H3,(H,29,31). The van der Waals surface area contributed by atoms with E-state index in [1.54, 1.807) is 31.3 Å². The highest BCUT2D eigenvalue weighted by Crippen LogP contribution is 2.43. The number of nitrogens with one attached hydrogen (secondary N) is 1. The van der Waals surface area contributed by atoms with Crippen LogP contribution in [0.1, 0.15) is 46.4 Å². The predicted octanol–water partition coefficient (Wildman–Crippen LogP) is 5.00. The number of hydrogen-bond acceptors (Lipinski definition) is 5. The van der Waals surface area contributed by atoms with E-state index in [2.05, 4.69) is 12.2 Å². The van der Waals surface area contributed by atoms with Gasteiger partial charge in [0.25, 0.3) is 5.91 Å². The number of hydrogen-bond donors (Lipinski definition) is 1. The summed E-state index contributed by atoms with van der Waals surface area (Å²) in [6, 6.07) is 18.3. The van der Waals surface area contributed by atoms with Crippen molar-refractivity contribution in [2.24, 2.45) is 0 Å². The van der Waals surface area contributed by atoms with Gasteiger partial charge in [-0.25, -0.2) is 0 Å². The molecule has 0 saturated carbocycles. The summed E-state index contributed by atoms with van der Waals surface area (Å²) in [6.45, 7) is 2.48. The predicted molar refractivity (Wildman–Crippen MR) is 134 cm³/mol. The molecule has 0 saturated heterocycles. The molecule has 2 amide bonds. The van der Waals surface area contributed by atoms with Crippen LogP contribution in [0.2, 0.25) is 0 Å². The molecular weight excluding hydrogens is 444 g/mol. The third kappa shape index (κ3) is 4.94. The van der Waals surface area contributed by atoms with Gasteiger partial charge in [-0.2, -0.15) is 0 Å². The lowest BCUT2D eigenvalue weighted by Crippen LogP contribution is -2.32. The molecule has 35 heavy (non-hydrogen) atoms. The normalized spacial score (nSPS) is 13.3. The van der Waals surface area contributed by atoms with Gasteiger partial charge in [0.2, 0.25) is 11.7 Å². The van der Waals surface area contributed by atoms with Crippen molar-refractivity contribution >= 4 is 17.5 Å². The number of benzene rings is 3. The van der Waals surface area contributed by atoms with Gasteiger partial charge < -0.3 is 24.4 Å². The Morgan fingerprint density at radius 2 is 1.69 bits per heavy atom. The van der Waals surface area contributed by atoms with Crippen molar-refractivity contribution in [3.63, 3.8) is 0 Å². The maximum Gasteiger partial charge on any atom is 0.255 e. The lowest BCUT2D eigenvalue weighted by Gasteiger charge is -2.29. The number of aryl methyl sites for hydroxylation is 1. The van der Waals surface area contributed by atoms with Crippen LogP contribution >= 0.6 is 0 Å². The van der Waals surface area contributed by atoms with Crippen molar-refractivity contribution in [2.45, 2.75) is 32.4 Å². The number of methoxy groups -OCH3 is 3. The van der Waals surface area contributed by atoms with E-state index in [4.69, 9.17) is 14.2 Å². The van der Waals surface area contributed by atoms with Gasteiger partial charge in [0.1, 0.15) is 0 Å². The molecule has 1 aliphatic rings. The van der Waals surface area contributed by atoms with Crippen molar-refractivity contribution in [3.05, 3.63) is 82.9 Å². The first-order valence-corrected chi connectivity index (χ1v) is 11.6. The third-order valence-corrected chi connectivity index (χ3v) is 6.30. The largest absolute Gasteiger partial charge is 0.493 e.